The van der Waals surface area contributed by atoms with Gasteiger partial charge in [0.05, 0.1) is 5.70 Å². The van der Waals surface area contributed by atoms with Gasteiger partial charge in [-0.25, -0.2) is 0 Å². The van der Waals surface area contributed by atoms with Crippen LogP contribution in [0.2, 0.25) is 0 Å². The molecule has 0 aromatic rings. The van der Waals surface area contributed by atoms with Gasteiger partial charge in [-0.2, -0.15) is 0 Å². The van der Waals surface area contributed by atoms with E-state index in [4.69, 9.17) is 0 Å². The van der Waals surface area contributed by atoms with E-state index in [0.717, 1.165) is 0 Å². The van der Waals surface area contributed by atoms with Crippen LogP contribution in [0.5, 0.6) is 0 Å². The molecule has 0 bridgehead atoms. The highest BCUT2D eigenvalue weighted by atomic mass is 14.9. The van der Waals surface area contributed by atoms with Crippen molar-refractivity contribution in [3.8, 4) is 0 Å². The van der Waals surface area contributed by atoms with Crippen molar-refractivity contribution in [2.75, 3.05) is 0 Å². The van der Waals surface area contributed by atoms with Gasteiger partial charge in [-0.3, -0.25) is 5.32 Å². The highest BCUT2D eigenvalue weighted by Crippen LogP contribution is 2.25. The summed E-state index contributed by atoms with van der Waals surface area (Å²) in [5, 5.41) is 4.54. The van der Waals surface area contributed by atoms with Gasteiger partial charge in [-0.05, 0) is 49.8 Å². The summed E-state index contributed by atoms with van der Waals surface area (Å²) in [6.45, 7) is 2.18. The number of rotatable bonds is 1. The summed E-state index contributed by atoms with van der Waals surface area (Å²) < 4.78 is 0. The van der Waals surface area contributed by atoms with Gasteiger partial charge in [0.1, 0.15) is 0 Å². The van der Waals surface area contributed by atoms with Crippen molar-refractivity contribution in [1.82, 2.24) is 5.32 Å². The minimum Gasteiger partial charge on any atom is -0.256 e. The maximum atomic E-state index is 4.54. The van der Waals surface area contributed by atoms with E-state index in [0.29, 0.717) is 0 Å². The fourth-order valence-corrected chi connectivity index (χ4v) is 2.85. The Bertz CT molecular complexity index is 347. The van der Waals surface area contributed by atoms with Gasteiger partial charge < -0.3 is 0 Å². The topological polar surface area (TPSA) is 14.1 Å². The van der Waals surface area contributed by atoms with Crippen molar-refractivity contribution in [1.29, 1.82) is 0 Å². The van der Waals surface area contributed by atoms with Gasteiger partial charge in [0.15, 0.2) is 0 Å². The molecule has 1 nitrogen and oxygen atoms in total. The van der Waals surface area contributed by atoms with Crippen molar-refractivity contribution in [2.24, 2.45) is 0 Å². The van der Waals surface area contributed by atoms with Crippen molar-refractivity contribution < 1.29 is 0 Å². The third-order valence-electron chi connectivity index (χ3n) is 4.00. The summed E-state index contributed by atoms with van der Waals surface area (Å²) in [4.78, 5) is 0. The van der Waals surface area contributed by atoms with Crippen molar-refractivity contribution in [2.45, 2.75) is 71.1 Å². The van der Waals surface area contributed by atoms with E-state index in [1.54, 1.807) is 0 Å². The first-order valence-electron chi connectivity index (χ1n) is 7.65. The third-order valence-corrected chi connectivity index (χ3v) is 4.00. The monoisotopic (exact) mass is 244 g/mol. The maximum Gasteiger partial charge on any atom is 0.0688 e. The molecule has 1 radical (unpaired) electrons. The van der Waals surface area contributed by atoms with E-state index in [1.165, 1.54) is 81.1 Å². The minimum atomic E-state index is 1.22. The lowest BCUT2D eigenvalue weighted by Gasteiger charge is -2.11. The molecule has 0 amide bonds. The first kappa shape index (κ1) is 13.5. The van der Waals surface area contributed by atoms with E-state index in [1.807, 2.05) is 6.20 Å². The fourth-order valence-electron chi connectivity index (χ4n) is 2.85. The van der Waals surface area contributed by atoms with Crippen molar-refractivity contribution in [3.05, 3.63) is 35.2 Å². The van der Waals surface area contributed by atoms with Crippen LogP contribution in [0, 0.1) is 0 Å². The number of nitrogens with zero attached hydrogens (tertiary/aromatic N) is 1. The Hall–Kier alpha value is -0.980. The molecule has 2 rings (SSSR count). The molecular weight excluding hydrogens is 218 g/mol. The maximum absolute atomic E-state index is 4.54. The molecule has 1 aliphatic heterocycles. The van der Waals surface area contributed by atoms with Gasteiger partial charge in [-0.1, -0.05) is 44.6 Å². The van der Waals surface area contributed by atoms with Crippen molar-refractivity contribution in [3.63, 3.8) is 0 Å². The zero-order valence-electron chi connectivity index (χ0n) is 11.8. The summed E-state index contributed by atoms with van der Waals surface area (Å²) in [6, 6.07) is 0. The Labute approximate surface area is 112 Å². The molecule has 0 aromatic heterocycles. The minimum absolute atomic E-state index is 1.22. The molecule has 0 N–H and O–H groups in total. The number of hydrogen-bond donors (Lipinski definition) is 0. The van der Waals surface area contributed by atoms with Crippen molar-refractivity contribution >= 4 is 0 Å². The highest BCUT2D eigenvalue weighted by molar-refractivity contribution is 5.42. The van der Waals surface area contributed by atoms with Gasteiger partial charge >= 0.3 is 0 Å². The Morgan fingerprint density at radius 3 is 2.22 bits per heavy atom. The smallest absolute Gasteiger partial charge is 0.0688 e. The third kappa shape index (κ3) is 4.04. The quantitative estimate of drug-likeness (QED) is 0.599. The summed E-state index contributed by atoms with van der Waals surface area (Å²) >= 11 is 0. The molecule has 0 unspecified atom stereocenters. The van der Waals surface area contributed by atoms with Crippen LogP contribution in [0.4, 0.5) is 0 Å². The molecule has 0 saturated heterocycles. The van der Waals surface area contributed by atoms with Crippen LogP contribution in [0.3, 0.4) is 0 Å². The van der Waals surface area contributed by atoms with Crippen LogP contribution >= 0.6 is 0 Å². The van der Waals surface area contributed by atoms with Crippen LogP contribution in [0.1, 0.15) is 71.1 Å². The fraction of sp³-hybridized carbons (Fsp3) is 0.647. The molecule has 1 heterocycles. The van der Waals surface area contributed by atoms with Crippen LogP contribution < -0.4 is 5.32 Å². The summed E-state index contributed by atoms with van der Waals surface area (Å²) in [7, 11) is 0. The standard InChI is InChI=1S/C17H26N/c1-15-13-14-18-17(15)16-11-9-7-5-3-2-4-6-8-10-12-16/h11,13-14H,2-10,12H2,1H3/b16-11+. The Morgan fingerprint density at radius 1 is 0.889 bits per heavy atom. The van der Waals surface area contributed by atoms with Crippen LogP contribution in [-0.4, -0.2) is 0 Å². The molecule has 18 heavy (non-hydrogen) atoms. The molecule has 0 spiro atoms. The summed E-state index contributed by atoms with van der Waals surface area (Å²) in [5.41, 5.74) is 4.10. The lowest BCUT2D eigenvalue weighted by molar-refractivity contribution is 0.562. The largest absolute Gasteiger partial charge is 0.256 e. The van der Waals surface area contributed by atoms with Crippen LogP contribution in [0.15, 0.2) is 35.2 Å². The van der Waals surface area contributed by atoms with E-state index < -0.39 is 0 Å². The second-order valence-electron chi connectivity index (χ2n) is 5.57. The SMILES string of the molecule is CC1=C(/C2=C/CCCCCCCCCC2)[N]C=C1. The van der Waals surface area contributed by atoms with E-state index in [9.17, 15) is 0 Å². The first-order valence-corrected chi connectivity index (χ1v) is 7.65. The molecule has 2 aliphatic rings. The van der Waals surface area contributed by atoms with E-state index in [-0.39, 0.29) is 0 Å². The molecule has 0 fully saturated rings. The summed E-state index contributed by atoms with van der Waals surface area (Å²) in [6.07, 6.45) is 20.2. The Balaban J connectivity index is 1.98. The lowest BCUT2D eigenvalue weighted by atomic mass is 9.97. The first-order chi connectivity index (χ1) is 8.88. The Morgan fingerprint density at radius 2 is 1.56 bits per heavy atom. The van der Waals surface area contributed by atoms with Gasteiger partial charge in [0.2, 0.25) is 0 Å². The Kier molecular flexibility index (Phi) is 5.57. The molecule has 1 heteroatoms. The zero-order valence-corrected chi connectivity index (χ0v) is 11.8. The van der Waals surface area contributed by atoms with E-state index >= 15 is 0 Å². The van der Waals surface area contributed by atoms with Gasteiger partial charge in [-0.15, -0.1) is 0 Å². The predicted octanol–water partition coefficient (Wildman–Crippen LogP) is 5.23. The molecule has 99 valence electrons. The molecule has 0 atom stereocenters. The second kappa shape index (κ2) is 7.45. The van der Waals surface area contributed by atoms with Crippen LogP contribution in [-0.2, 0) is 0 Å². The van der Waals surface area contributed by atoms with Crippen LogP contribution in [0.25, 0.3) is 0 Å². The average Bonchev–Trinajstić information content (AvgIpc) is 2.76. The van der Waals surface area contributed by atoms with Gasteiger partial charge in [0.25, 0.3) is 0 Å². The molecule has 0 aromatic carbocycles. The lowest BCUT2D eigenvalue weighted by Crippen LogP contribution is -2.00. The zero-order chi connectivity index (χ0) is 12.6. The molecular formula is C17H26N. The number of allylic oxidation sites excluding steroid dienone is 4. The average molecular weight is 244 g/mol. The number of hydrogen-bond acceptors (Lipinski definition) is 0. The molecule has 1 aliphatic carbocycles. The highest BCUT2D eigenvalue weighted by Gasteiger charge is 2.12. The normalized spacial score (nSPS) is 25.9. The predicted molar refractivity (Wildman–Crippen MR) is 78.2 cm³/mol. The second-order valence-corrected chi connectivity index (χ2v) is 5.57. The molecule has 0 saturated carbocycles. The summed E-state index contributed by atoms with van der Waals surface area (Å²) in [5.74, 6) is 0. The van der Waals surface area contributed by atoms with E-state index in [2.05, 4.69) is 24.4 Å². The van der Waals surface area contributed by atoms with Gasteiger partial charge in [0, 0.05) is 6.20 Å².